The molecule has 0 aliphatic rings. The summed E-state index contributed by atoms with van der Waals surface area (Å²) >= 11 is 4.84. The number of amides is 1. The molecule has 6 heteroatoms. The van der Waals surface area contributed by atoms with Crippen molar-refractivity contribution in [1.82, 2.24) is 10.2 Å². The van der Waals surface area contributed by atoms with Gasteiger partial charge in [0, 0.05) is 5.92 Å². The van der Waals surface area contributed by atoms with E-state index in [2.05, 4.69) is 15.5 Å². The first-order valence-corrected chi connectivity index (χ1v) is 5.48. The molecule has 16 heavy (non-hydrogen) atoms. The van der Waals surface area contributed by atoms with Crippen LogP contribution in [0.3, 0.4) is 0 Å². The predicted octanol–water partition coefficient (Wildman–Crippen LogP) is 1.27. The lowest BCUT2D eigenvalue weighted by Crippen LogP contribution is -2.25. The van der Waals surface area contributed by atoms with Crippen molar-refractivity contribution < 1.29 is 4.79 Å². The lowest BCUT2D eigenvalue weighted by Gasteiger charge is -2.14. The Bertz CT molecular complexity index is 399. The Morgan fingerprint density at radius 2 is 2.19 bits per heavy atom. The highest BCUT2D eigenvalue weighted by Gasteiger charge is 2.18. The lowest BCUT2D eigenvalue weighted by atomic mass is 9.97. The minimum Gasteiger partial charge on any atom is -0.389 e. The Morgan fingerprint density at radius 3 is 2.69 bits per heavy atom. The Balaban J connectivity index is 2.77. The van der Waals surface area contributed by atoms with E-state index in [0.717, 1.165) is 0 Å². The molecule has 0 aliphatic carbocycles. The van der Waals surface area contributed by atoms with Crippen LogP contribution in [-0.2, 0) is 4.79 Å². The van der Waals surface area contributed by atoms with Crippen molar-refractivity contribution in [3.05, 3.63) is 11.8 Å². The number of rotatable bonds is 4. The molecular weight excluding hydrogens is 224 g/mol. The van der Waals surface area contributed by atoms with Gasteiger partial charge in [-0.05, 0) is 5.92 Å². The summed E-state index contributed by atoms with van der Waals surface area (Å²) < 4.78 is 0. The Hall–Kier alpha value is -1.43. The number of anilines is 1. The fourth-order valence-corrected chi connectivity index (χ4v) is 1.26. The molecule has 5 nitrogen and oxygen atoms in total. The van der Waals surface area contributed by atoms with Gasteiger partial charge in [-0.2, -0.15) is 5.10 Å². The third kappa shape index (κ3) is 2.79. The number of hydrogen-bond donors (Lipinski definition) is 3. The molecule has 1 atom stereocenters. The molecule has 88 valence electrons. The SMILES string of the molecule is CC(C)C(C)C(=O)Nc1[nH]ncc1C(N)=S. The van der Waals surface area contributed by atoms with E-state index in [-0.39, 0.29) is 22.7 Å². The van der Waals surface area contributed by atoms with Gasteiger partial charge in [0.15, 0.2) is 0 Å². The highest BCUT2D eigenvalue weighted by atomic mass is 32.1. The van der Waals surface area contributed by atoms with Crippen molar-refractivity contribution >= 4 is 28.9 Å². The molecule has 0 bridgehead atoms. The summed E-state index contributed by atoms with van der Waals surface area (Å²) in [6.07, 6.45) is 1.50. The van der Waals surface area contributed by atoms with E-state index >= 15 is 0 Å². The average Bonchev–Trinajstić information content (AvgIpc) is 2.64. The van der Waals surface area contributed by atoms with Gasteiger partial charge in [0.2, 0.25) is 5.91 Å². The molecule has 0 aromatic carbocycles. The third-order valence-electron chi connectivity index (χ3n) is 2.57. The molecule has 1 heterocycles. The molecular formula is C10H16N4OS. The summed E-state index contributed by atoms with van der Waals surface area (Å²) in [5.74, 6) is 0.584. The highest BCUT2D eigenvalue weighted by molar-refractivity contribution is 7.80. The highest BCUT2D eigenvalue weighted by Crippen LogP contribution is 2.15. The normalized spacial score (nSPS) is 12.5. The molecule has 0 spiro atoms. The first-order valence-electron chi connectivity index (χ1n) is 5.07. The Kier molecular flexibility index (Phi) is 4.00. The van der Waals surface area contributed by atoms with Crippen LogP contribution in [0.2, 0.25) is 0 Å². The Labute approximate surface area is 99.8 Å². The summed E-state index contributed by atoms with van der Waals surface area (Å²) in [5, 5.41) is 9.18. The van der Waals surface area contributed by atoms with Gasteiger partial charge in [0.1, 0.15) is 10.8 Å². The van der Waals surface area contributed by atoms with E-state index in [1.54, 1.807) is 0 Å². The van der Waals surface area contributed by atoms with Gasteiger partial charge in [0.25, 0.3) is 0 Å². The van der Waals surface area contributed by atoms with Crippen LogP contribution in [0.1, 0.15) is 26.3 Å². The molecule has 0 aliphatic heterocycles. The van der Waals surface area contributed by atoms with Gasteiger partial charge in [-0.1, -0.05) is 33.0 Å². The predicted molar refractivity (Wildman–Crippen MR) is 67.1 cm³/mol. The van der Waals surface area contributed by atoms with Gasteiger partial charge < -0.3 is 11.1 Å². The average molecular weight is 240 g/mol. The molecule has 1 unspecified atom stereocenters. The molecule has 0 radical (unpaired) electrons. The summed E-state index contributed by atoms with van der Waals surface area (Å²) in [6, 6.07) is 0. The van der Waals surface area contributed by atoms with E-state index in [9.17, 15) is 4.79 Å². The number of aromatic nitrogens is 2. The topological polar surface area (TPSA) is 83.8 Å². The molecule has 1 aromatic rings. The molecule has 0 saturated heterocycles. The van der Waals surface area contributed by atoms with Crippen LogP contribution in [0.5, 0.6) is 0 Å². The first kappa shape index (κ1) is 12.6. The van der Waals surface area contributed by atoms with Gasteiger partial charge in [0.05, 0.1) is 11.8 Å². The van der Waals surface area contributed by atoms with Crippen LogP contribution >= 0.6 is 12.2 Å². The molecule has 1 amide bonds. The minimum absolute atomic E-state index is 0.0725. The van der Waals surface area contributed by atoms with E-state index < -0.39 is 0 Å². The first-order chi connectivity index (χ1) is 7.43. The van der Waals surface area contributed by atoms with Crippen molar-refractivity contribution in [3.63, 3.8) is 0 Å². The standard InChI is InChI=1S/C10H16N4OS/c1-5(2)6(3)10(15)13-9-7(8(11)16)4-12-14-9/h4-6H,1-3H3,(H2,11,16)(H2,12,13,14,15). The Morgan fingerprint density at radius 1 is 1.56 bits per heavy atom. The van der Waals surface area contributed by atoms with Crippen LogP contribution in [0.4, 0.5) is 5.82 Å². The van der Waals surface area contributed by atoms with Crippen molar-refractivity contribution in [2.24, 2.45) is 17.6 Å². The van der Waals surface area contributed by atoms with E-state index in [1.807, 2.05) is 20.8 Å². The van der Waals surface area contributed by atoms with Gasteiger partial charge in [-0.15, -0.1) is 0 Å². The second kappa shape index (κ2) is 5.07. The number of carbonyl (C=O) groups is 1. The van der Waals surface area contributed by atoms with Crippen LogP contribution in [-0.4, -0.2) is 21.1 Å². The van der Waals surface area contributed by atoms with Crippen LogP contribution < -0.4 is 11.1 Å². The molecule has 0 saturated carbocycles. The number of H-pyrrole nitrogens is 1. The minimum atomic E-state index is -0.0810. The maximum absolute atomic E-state index is 11.8. The van der Waals surface area contributed by atoms with Crippen molar-refractivity contribution in [2.45, 2.75) is 20.8 Å². The van der Waals surface area contributed by atoms with Crippen LogP contribution in [0, 0.1) is 11.8 Å². The maximum atomic E-state index is 11.8. The van der Waals surface area contributed by atoms with E-state index in [1.165, 1.54) is 6.20 Å². The second-order valence-electron chi connectivity index (χ2n) is 4.04. The quantitative estimate of drug-likeness (QED) is 0.692. The van der Waals surface area contributed by atoms with Crippen LogP contribution in [0.15, 0.2) is 6.20 Å². The summed E-state index contributed by atoms with van der Waals surface area (Å²) in [4.78, 5) is 12.0. The second-order valence-corrected chi connectivity index (χ2v) is 4.48. The zero-order chi connectivity index (χ0) is 12.3. The number of nitrogens with two attached hydrogens (primary N) is 1. The van der Waals surface area contributed by atoms with Gasteiger partial charge >= 0.3 is 0 Å². The largest absolute Gasteiger partial charge is 0.389 e. The van der Waals surface area contributed by atoms with Gasteiger partial charge in [-0.3, -0.25) is 9.89 Å². The van der Waals surface area contributed by atoms with Crippen molar-refractivity contribution in [3.8, 4) is 0 Å². The van der Waals surface area contributed by atoms with E-state index in [4.69, 9.17) is 18.0 Å². The third-order valence-corrected chi connectivity index (χ3v) is 2.79. The zero-order valence-corrected chi connectivity index (χ0v) is 10.4. The monoisotopic (exact) mass is 240 g/mol. The van der Waals surface area contributed by atoms with Crippen molar-refractivity contribution in [2.75, 3.05) is 5.32 Å². The molecule has 1 rings (SSSR count). The number of carbonyl (C=O) groups excluding carboxylic acids is 1. The molecule has 4 N–H and O–H groups in total. The van der Waals surface area contributed by atoms with Gasteiger partial charge in [-0.25, -0.2) is 0 Å². The summed E-state index contributed by atoms with van der Waals surface area (Å²) in [6.45, 7) is 5.86. The fraction of sp³-hybridized carbons (Fsp3) is 0.500. The maximum Gasteiger partial charge on any atom is 0.228 e. The smallest absolute Gasteiger partial charge is 0.228 e. The van der Waals surface area contributed by atoms with Crippen LogP contribution in [0.25, 0.3) is 0 Å². The molecule has 0 fully saturated rings. The summed E-state index contributed by atoms with van der Waals surface area (Å²) in [7, 11) is 0. The summed E-state index contributed by atoms with van der Waals surface area (Å²) in [5.41, 5.74) is 6.05. The molecule has 1 aromatic heterocycles. The van der Waals surface area contributed by atoms with E-state index in [0.29, 0.717) is 11.4 Å². The number of aromatic amines is 1. The zero-order valence-electron chi connectivity index (χ0n) is 9.57. The number of nitrogens with one attached hydrogen (secondary N) is 2. The fourth-order valence-electron chi connectivity index (χ4n) is 1.11. The number of hydrogen-bond acceptors (Lipinski definition) is 3. The van der Waals surface area contributed by atoms with Crippen molar-refractivity contribution in [1.29, 1.82) is 0 Å². The number of nitrogens with zero attached hydrogens (tertiary/aromatic N) is 1. The lowest BCUT2D eigenvalue weighted by molar-refractivity contribution is -0.120. The number of thiocarbonyl (C=S) groups is 1.